The second-order valence-corrected chi connectivity index (χ2v) is 6.22. The smallest absolute Gasteiger partial charge is 0.224 e. The van der Waals surface area contributed by atoms with Gasteiger partial charge in [-0.25, -0.2) is 4.98 Å². The predicted octanol–water partition coefficient (Wildman–Crippen LogP) is 4.18. The molecular weight excluding hydrogens is 334 g/mol. The van der Waals surface area contributed by atoms with E-state index < -0.39 is 0 Å². The third-order valence-corrected chi connectivity index (χ3v) is 4.47. The molecule has 2 aromatic heterocycles. The Morgan fingerprint density at radius 2 is 2.12 bits per heavy atom. The highest BCUT2D eigenvalue weighted by Gasteiger charge is 2.10. The highest BCUT2D eigenvalue weighted by molar-refractivity contribution is 7.13. The van der Waals surface area contributed by atoms with Crippen LogP contribution in [0.25, 0.3) is 10.6 Å². The van der Waals surface area contributed by atoms with Gasteiger partial charge in [0.1, 0.15) is 10.8 Å². The minimum atomic E-state index is -0.0527. The van der Waals surface area contributed by atoms with Crippen LogP contribution in [-0.2, 0) is 11.2 Å². The number of aromatic nitrogens is 2. The van der Waals surface area contributed by atoms with E-state index in [0.29, 0.717) is 30.9 Å². The van der Waals surface area contributed by atoms with E-state index in [9.17, 15) is 4.79 Å². The molecule has 0 spiro atoms. The molecule has 25 heavy (non-hydrogen) atoms. The summed E-state index contributed by atoms with van der Waals surface area (Å²) in [6.45, 7) is 2.48. The summed E-state index contributed by atoms with van der Waals surface area (Å²) in [5.41, 5.74) is 2.61. The van der Waals surface area contributed by atoms with Crippen molar-refractivity contribution in [3.05, 3.63) is 59.9 Å². The standard InChI is InChI=1S/C19H19N3O2S/c1-2-24-17-8-4-3-7-16(17)22-18(23)10-9-15-13-25-19(21-15)14-6-5-11-20-12-14/h3-8,11-13H,2,9-10H2,1H3,(H,22,23). The zero-order valence-corrected chi connectivity index (χ0v) is 14.8. The highest BCUT2D eigenvalue weighted by Crippen LogP contribution is 2.25. The van der Waals surface area contributed by atoms with Crippen LogP contribution in [0.2, 0.25) is 0 Å². The van der Waals surface area contributed by atoms with Crippen LogP contribution in [0.4, 0.5) is 5.69 Å². The number of hydrogen-bond donors (Lipinski definition) is 1. The van der Waals surface area contributed by atoms with Gasteiger partial charge in [-0.05, 0) is 37.6 Å². The number of carbonyl (C=O) groups is 1. The first-order chi connectivity index (χ1) is 12.3. The molecule has 5 nitrogen and oxygen atoms in total. The van der Waals surface area contributed by atoms with Crippen LogP contribution in [0, 0.1) is 0 Å². The van der Waals surface area contributed by atoms with Crippen LogP contribution in [0.5, 0.6) is 5.75 Å². The number of ether oxygens (including phenoxy) is 1. The van der Waals surface area contributed by atoms with Gasteiger partial charge in [0.05, 0.1) is 18.0 Å². The van der Waals surface area contributed by atoms with Crippen LogP contribution in [-0.4, -0.2) is 22.5 Å². The zero-order valence-electron chi connectivity index (χ0n) is 13.9. The Labute approximate surface area is 150 Å². The van der Waals surface area contributed by atoms with Gasteiger partial charge in [-0.3, -0.25) is 9.78 Å². The summed E-state index contributed by atoms with van der Waals surface area (Å²) in [6, 6.07) is 11.3. The minimum Gasteiger partial charge on any atom is -0.492 e. The molecule has 1 aromatic carbocycles. The molecule has 0 atom stereocenters. The number of anilines is 1. The maximum Gasteiger partial charge on any atom is 0.224 e. The lowest BCUT2D eigenvalue weighted by Crippen LogP contribution is -2.13. The summed E-state index contributed by atoms with van der Waals surface area (Å²) in [4.78, 5) is 20.9. The molecule has 3 rings (SSSR count). The van der Waals surface area contributed by atoms with Crippen molar-refractivity contribution in [2.24, 2.45) is 0 Å². The highest BCUT2D eigenvalue weighted by atomic mass is 32.1. The Balaban J connectivity index is 1.57. The van der Waals surface area contributed by atoms with Gasteiger partial charge in [-0.15, -0.1) is 11.3 Å². The normalized spacial score (nSPS) is 10.4. The van der Waals surface area contributed by atoms with Crippen molar-refractivity contribution in [2.45, 2.75) is 19.8 Å². The largest absolute Gasteiger partial charge is 0.492 e. The van der Waals surface area contributed by atoms with E-state index in [-0.39, 0.29) is 5.91 Å². The summed E-state index contributed by atoms with van der Waals surface area (Å²) in [5.74, 6) is 0.633. The fraction of sp³-hybridized carbons (Fsp3) is 0.211. The Hall–Kier alpha value is -2.73. The van der Waals surface area contributed by atoms with Crippen molar-refractivity contribution in [3.8, 4) is 16.3 Å². The van der Waals surface area contributed by atoms with Crippen molar-refractivity contribution in [3.63, 3.8) is 0 Å². The molecule has 0 bridgehead atoms. The van der Waals surface area contributed by atoms with Crippen molar-refractivity contribution >= 4 is 22.9 Å². The fourth-order valence-corrected chi connectivity index (χ4v) is 3.19. The fourth-order valence-electron chi connectivity index (χ4n) is 2.35. The van der Waals surface area contributed by atoms with Crippen LogP contribution < -0.4 is 10.1 Å². The lowest BCUT2D eigenvalue weighted by molar-refractivity contribution is -0.116. The molecule has 0 unspecified atom stereocenters. The molecule has 0 aliphatic rings. The van der Waals surface area contributed by atoms with Crippen molar-refractivity contribution in [2.75, 3.05) is 11.9 Å². The van der Waals surface area contributed by atoms with Gasteiger partial charge in [-0.1, -0.05) is 12.1 Å². The van der Waals surface area contributed by atoms with E-state index in [4.69, 9.17) is 4.74 Å². The van der Waals surface area contributed by atoms with Crippen molar-refractivity contribution in [1.82, 2.24) is 9.97 Å². The molecule has 1 amide bonds. The molecule has 6 heteroatoms. The quantitative estimate of drug-likeness (QED) is 0.692. The van der Waals surface area contributed by atoms with Crippen molar-refractivity contribution < 1.29 is 9.53 Å². The number of thiazole rings is 1. The number of nitrogens with one attached hydrogen (secondary N) is 1. The molecule has 0 saturated heterocycles. The van der Waals surface area contributed by atoms with Crippen molar-refractivity contribution in [1.29, 1.82) is 0 Å². The number of rotatable bonds is 7. The minimum absolute atomic E-state index is 0.0527. The van der Waals surface area contributed by atoms with Crippen LogP contribution in [0.1, 0.15) is 19.0 Å². The van der Waals surface area contributed by atoms with E-state index in [0.717, 1.165) is 16.3 Å². The molecule has 0 aliphatic heterocycles. The first kappa shape index (κ1) is 17.1. The molecule has 0 aliphatic carbocycles. The predicted molar refractivity (Wildman–Crippen MR) is 99.9 cm³/mol. The average molecular weight is 353 g/mol. The lowest BCUT2D eigenvalue weighted by atomic mass is 10.2. The number of pyridine rings is 1. The number of amides is 1. The molecule has 3 aromatic rings. The Bertz CT molecular complexity index is 833. The average Bonchev–Trinajstić information content (AvgIpc) is 3.12. The molecule has 0 fully saturated rings. The summed E-state index contributed by atoms with van der Waals surface area (Å²) in [5, 5.41) is 5.82. The van der Waals surface area contributed by atoms with Gasteiger partial charge in [0, 0.05) is 29.8 Å². The van der Waals surface area contributed by atoms with Gasteiger partial charge in [0.2, 0.25) is 5.91 Å². The zero-order chi connectivity index (χ0) is 17.5. The number of nitrogens with zero attached hydrogens (tertiary/aromatic N) is 2. The van der Waals surface area contributed by atoms with E-state index in [1.165, 1.54) is 0 Å². The van der Waals surface area contributed by atoms with Gasteiger partial charge in [0.25, 0.3) is 0 Å². The molecule has 1 N–H and O–H groups in total. The third kappa shape index (κ3) is 4.64. The maximum absolute atomic E-state index is 12.2. The van der Waals surface area contributed by atoms with E-state index >= 15 is 0 Å². The summed E-state index contributed by atoms with van der Waals surface area (Å²) < 4.78 is 5.52. The maximum atomic E-state index is 12.2. The van der Waals surface area contributed by atoms with Gasteiger partial charge in [0.15, 0.2) is 0 Å². The number of para-hydroxylation sites is 2. The van der Waals surface area contributed by atoms with Crippen LogP contribution >= 0.6 is 11.3 Å². The van der Waals surface area contributed by atoms with Crippen LogP contribution in [0.3, 0.4) is 0 Å². The lowest BCUT2D eigenvalue weighted by Gasteiger charge is -2.10. The first-order valence-electron chi connectivity index (χ1n) is 8.12. The summed E-state index contributed by atoms with van der Waals surface area (Å²) in [6.07, 6.45) is 4.50. The van der Waals surface area contributed by atoms with Gasteiger partial charge >= 0.3 is 0 Å². The number of aryl methyl sites for hydroxylation is 1. The molecule has 0 radical (unpaired) electrons. The second kappa shape index (κ2) is 8.39. The van der Waals surface area contributed by atoms with E-state index in [2.05, 4.69) is 15.3 Å². The first-order valence-corrected chi connectivity index (χ1v) is 9.00. The Kier molecular flexibility index (Phi) is 5.74. The second-order valence-electron chi connectivity index (χ2n) is 5.36. The van der Waals surface area contributed by atoms with Gasteiger partial charge < -0.3 is 10.1 Å². The monoisotopic (exact) mass is 353 g/mol. The molecular formula is C19H19N3O2S. The Morgan fingerprint density at radius 1 is 1.24 bits per heavy atom. The Morgan fingerprint density at radius 3 is 2.92 bits per heavy atom. The molecule has 0 saturated carbocycles. The van der Waals surface area contributed by atoms with E-state index in [1.54, 1.807) is 23.7 Å². The van der Waals surface area contributed by atoms with E-state index in [1.807, 2.05) is 48.7 Å². The summed E-state index contributed by atoms with van der Waals surface area (Å²) in [7, 11) is 0. The molecule has 128 valence electrons. The number of carbonyl (C=O) groups excluding carboxylic acids is 1. The molecule has 2 heterocycles. The number of benzene rings is 1. The topological polar surface area (TPSA) is 64.1 Å². The SMILES string of the molecule is CCOc1ccccc1NC(=O)CCc1csc(-c2cccnc2)n1. The van der Waals surface area contributed by atoms with Crippen LogP contribution in [0.15, 0.2) is 54.2 Å². The number of hydrogen-bond acceptors (Lipinski definition) is 5. The summed E-state index contributed by atoms with van der Waals surface area (Å²) >= 11 is 1.56. The third-order valence-electron chi connectivity index (χ3n) is 3.53. The van der Waals surface area contributed by atoms with Gasteiger partial charge in [-0.2, -0.15) is 0 Å².